The number of nitrogens with zero attached hydrogens (tertiary/aromatic N) is 2. The largest absolute Gasteiger partial charge is 0.539 e. The molecule has 0 spiro atoms. The number of benzene rings is 2. The van der Waals surface area contributed by atoms with Gasteiger partial charge in [0, 0.05) is 5.69 Å². The van der Waals surface area contributed by atoms with E-state index in [1.165, 1.54) is 24.3 Å². The molecule has 2 aromatic carbocycles. The number of hydrogen-bond donors (Lipinski definition) is 1. The summed E-state index contributed by atoms with van der Waals surface area (Å²) in [5.74, 6) is 0.239. The lowest BCUT2D eigenvalue weighted by Gasteiger charge is -2.19. The van der Waals surface area contributed by atoms with Gasteiger partial charge in [-0.2, -0.15) is 0 Å². The van der Waals surface area contributed by atoms with Gasteiger partial charge in [0.25, 0.3) is 5.91 Å². The molecule has 0 radical (unpaired) electrons. The SMILES string of the molecule is Cc1cccc(OCC(=O)Nc2ccc(S(=O)(=O)[N-]c3onc(C)c3C)cc2)c1C. The maximum atomic E-state index is 12.5. The van der Waals surface area contributed by atoms with Gasteiger partial charge in [-0.25, -0.2) is 8.42 Å². The van der Waals surface area contributed by atoms with Crippen molar-refractivity contribution in [3.8, 4) is 5.75 Å². The second kappa shape index (κ2) is 8.58. The number of hydrogen-bond acceptors (Lipinski definition) is 6. The smallest absolute Gasteiger partial charge is 0.262 e. The fourth-order valence-electron chi connectivity index (χ4n) is 2.58. The van der Waals surface area contributed by atoms with E-state index in [4.69, 9.17) is 9.26 Å². The van der Waals surface area contributed by atoms with Gasteiger partial charge in [-0.15, -0.1) is 0 Å². The highest BCUT2D eigenvalue weighted by atomic mass is 32.2. The second-order valence-electron chi connectivity index (χ2n) is 6.82. The van der Waals surface area contributed by atoms with Crippen molar-refractivity contribution >= 4 is 27.5 Å². The fraction of sp³-hybridized carbons (Fsp3) is 0.238. The summed E-state index contributed by atoms with van der Waals surface area (Å²) in [4.78, 5) is 12.1. The number of rotatable bonds is 7. The molecule has 8 nitrogen and oxygen atoms in total. The number of carbonyl (C=O) groups is 1. The molecular weight excluding hydrogens is 406 g/mol. The average molecular weight is 428 g/mol. The van der Waals surface area contributed by atoms with Gasteiger partial charge in [-0.05, 0) is 74.7 Å². The topological polar surface area (TPSA) is 113 Å². The summed E-state index contributed by atoms with van der Waals surface area (Å²) in [6.07, 6.45) is 0. The first-order valence-electron chi connectivity index (χ1n) is 9.17. The lowest BCUT2D eigenvalue weighted by molar-refractivity contribution is -0.118. The number of nitrogens with one attached hydrogen (secondary N) is 1. The Balaban J connectivity index is 1.61. The molecule has 30 heavy (non-hydrogen) atoms. The molecule has 0 saturated carbocycles. The van der Waals surface area contributed by atoms with Crippen molar-refractivity contribution in [3.05, 3.63) is 69.6 Å². The molecule has 1 amide bonds. The van der Waals surface area contributed by atoms with Crippen LogP contribution in [0.1, 0.15) is 22.4 Å². The van der Waals surface area contributed by atoms with Crippen LogP contribution in [0.5, 0.6) is 5.75 Å². The Labute approximate surface area is 175 Å². The summed E-state index contributed by atoms with van der Waals surface area (Å²) >= 11 is 0. The summed E-state index contributed by atoms with van der Waals surface area (Å²) in [6, 6.07) is 11.3. The molecule has 0 bridgehead atoms. The maximum Gasteiger partial charge on any atom is 0.262 e. The maximum absolute atomic E-state index is 12.5. The highest BCUT2D eigenvalue weighted by Crippen LogP contribution is 2.32. The van der Waals surface area contributed by atoms with Crippen LogP contribution in [0.3, 0.4) is 0 Å². The predicted molar refractivity (Wildman–Crippen MR) is 113 cm³/mol. The molecule has 0 atom stereocenters. The molecule has 9 heteroatoms. The molecule has 0 aliphatic carbocycles. The zero-order valence-corrected chi connectivity index (χ0v) is 17.9. The second-order valence-corrected chi connectivity index (χ2v) is 8.43. The van der Waals surface area contributed by atoms with E-state index in [1.807, 2.05) is 26.0 Å². The molecule has 0 aliphatic heterocycles. The lowest BCUT2D eigenvalue weighted by Crippen LogP contribution is -2.20. The third kappa shape index (κ3) is 4.80. The molecule has 1 heterocycles. The standard InChI is InChI=1S/C21H23N3O5S/c1-13-6-5-7-19(14(13)2)28-12-20(25)22-17-8-10-18(11-9-17)30(26,27)24-21-15(3)16(4)23-29-21/h5-11H,12H2,1-4H3,(H2,22,23,24,25)/p-1. The zero-order valence-electron chi connectivity index (χ0n) is 17.1. The predicted octanol–water partition coefficient (Wildman–Crippen LogP) is 4.32. The summed E-state index contributed by atoms with van der Waals surface area (Å²) in [5, 5.41) is 6.37. The third-order valence-electron chi connectivity index (χ3n) is 4.69. The number of carbonyl (C=O) groups excluding carboxylic acids is 1. The Morgan fingerprint density at radius 1 is 1.07 bits per heavy atom. The van der Waals surface area contributed by atoms with Crippen molar-refractivity contribution in [2.75, 3.05) is 11.9 Å². The first-order chi connectivity index (χ1) is 14.2. The van der Waals surface area contributed by atoms with Crippen LogP contribution in [0, 0.1) is 27.7 Å². The van der Waals surface area contributed by atoms with E-state index >= 15 is 0 Å². The monoisotopic (exact) mass is 428 g/mol. The van der Waals surface area contributed by atoms with Gasteiger partial charge in [-0.3, -0.25) is 4.79 Å². The van der Waals surface area contributed by atoms with Crippen LogP contribution < -0.4 is 10.1 Å². The number of sulfonamides is 1. The van der Waals surface area contributed by atoms with Gasteiger partial charge in [0.2, 0.25) is 0 Å². The Morgan fingerprint density at radius 3 is 2.40 bits per heavy atom. The van der Waals surface area contributed by atoms with Crippen LogP contribution in [0.4, 0.5) is 11.6 Å². The number of aromatic nitrogens is 1. The van der Waals surface area contributed by atoms with Gasteiger partial charge in [0.15, 0.2) is 6.61 Å². The first-order valence-corrected chi connectivity index (χ1v) is 10.6. The van der Waals surface area contributed by atoms with E-state index in [1.54, 1.807) is 19.9 Å². The molecule has 1 aromatic heterocycles. The summed E-state index contributed by atoms with van der Waals surface area (Å²) < 4.78 is 39.1. The minimum absolute atomic E-state index is 0.0272. The van der Waals surface area contributed by atoms with Gasteiger partial charge in [0.05, 0.1) is 16.5 Å². The minimum atomic E-state index is -3.97. The van der Waals surface area contributed by atoms with E-state index < -0.39 is 10.0 Å². The quantitative estimate of drug-likeness (QED) is 0.600. The molecule has 0 aliphatic rings. The van der Waals surface area contributed by atoms with Crippen molar-refractivity contribution in [3.63, 3.8) is 0 Å². The zero-order chi connectivity index (χ0) is 21.9. The molecular formula is C21H22N3O5S-. The van der Waals surface area contributed by atoms with Crippen molar-refractivity contribution in [2.45, 2.75) is 32.6 Å². The van der Waals surface area contributed by atoms with Crippen LogP contribution >= 0.6 is 0 Å². The van der Waals surface area contributed by atoms with E-state index in [0.717, 1.165) is 11.1 Å². The van der Waals surface area contributed by atoms with E-state index in [9.17, 15) is 13.2 Å². The Bertz CT molecular complexity index is 1170. The molecule has 1 N–H and O–H groups in total. The molecule has 158 valence electrons. The average Bonchev–Trinajstić information content (AvgIpc) is 3.01. The van der Waals surface area contributed by atoms with Crippen molar-refractivity contribution in [1.29, 1.82) is 0 Å². The number of aryl methyl sites for hydroxylation is 2. The van der Waals surface area contributed by atoms with Gasteiger partial charge in [0.1, 0.15) is 15.8 Å². The first kappa shape index (κ1) is 21.4. The number of ether oxygens (including phenoxy) is 1. The van der Waals surface area contributed by atoms with Crippen molar-refractivity contribution < 1.29 is 22.5 Å². The number of anilines is 1. The Kier molecular flexibility index (Phi) is 6.12. The molecule has 0 unspecified atom stereocenters. The van der Waals surface area contributed by atoms with Gasteiger partial charge in [-0.1, -0.05) is 17.3 Å². The third-order valence-corrected chi connectivity index (χ3v) is 5.96. The molecule has 0 saturated heterocycles. The van der Waals surface area contributed by atoms with Crippen LogP contribution in [0.15, 0.2) is 51.9 Å². The van der Waals surface area contributed by atoms with Crippen LogP contribution in [-0.2, 0) is 14.8 Å². The van der Waals surface area contributed by atoms with E-state index in [0.29, 0.717) is 22.7 Å². The summed E-state index contributed by atoms with van der Waals surface area (Å²) in [7, 11) is -3.97. The van der Waals surface area contributed by atoms with Gasteiger partial charge >= 0.3 is 0 Å². The van der Waals surface area contributed by atoms with E-state index in [-0.39, 0.29) is 23.3 Å². The Morgan fingerprint density at radius 2 is 1.77 bits per heavy atom. The normalized spacial score (nSPS) is 11.2. The molecule has 3 aromatic rings. The van der Waals surface area contributed by atoms with Crippen LogP contribution in [0.25, 0.3) is 4.72 Å². The van der Waals surface area contributed by atoms with Crippen molar-refractivity contribution in [2.24, 2.45) is 0 Å². The van der Waals surface area contributed by atoms with Crippen molar-refractivity contribution in [1.82, 2.24) is 5.16 Å². The minimum Gasteiger partial charge on any atom is -0.539 e. The summed E-state index contributed by atoms with van der Waals surface area (Å²) in [5.41, 5.74) is 3.62. The lowest BCUT2D eigenvalue weighted by atomic mass is 10.1. The van der Waals surface area contributed by atoms with Crippen LogP contribution in [0.2, 0.25) is 0 Å². The van der Waals surface area contributed by atoms with Crippen LogP contribution in [-0.4, -0.2) is 26.1 Å². The Hall–Kier alpha value is -3.33. The van der Waals surface area contributed by atoms with Gasteiger partial charge < -0.3 is 19.3 Å². The van der Waals surface area contributed by atoms with E-state index in [2.05, 4.69) is 15.2 Å². The summed E-state index contributed by atoms with van der Waals surface area (Å²) in [6.45, 7) is 7.11. The highest BCUT2D eigenvalue weighted by Gasteiger charge is 2.11. The molecule has 0 fully saturated rings. The fourth-order valence-corrected chi connectivity index (χ4v) is 3.56. The number of amides is 1. The highest BCUT2D eigenvalue weighted by molar-refractivity contribution is 7.94. The molecule has 3 rings (SSSR count).